The molecular formula is C24H28N2O5. The molecule has 0 saturated heterocycles. The highest BCUT2D eigenvalue weighted by Gasteiger charge is 2.18. The Bertz CT molecular complexity index is 975. The molecule has 0 aliphatic rings. The molecule has 2 aromatic rings. The number of rotatable bonds is 7. The molecule has 0 saturated carbocycles. The van der Waals surface area contributed by atoms with E-state index in [-0.39, 0.29) is 11.1 Å². The van der Waals surface area contributed by atoms with E-state index in [4.69, 9.17) is 9.47 Å². The number of hydrogen-bond acceptors (Lipinski definition) is 5. The van der Waals surface area contributed by atoms with Gasteiger partial charge in [0.15, 0.2) is 6.61 Å². The van der Waals surface area contributed by atoms with Gasteiger partial charge < -0.3 is 20.1 Å². The molecule has 0 bridgehead atoms. The Labute approximate surface area is 182 Å². The predicted molar refractivity (Wildman–Crippen MR) is 120 cm³/mol. The lowest BCUT2D eigenvalue weighted by Gasteiger charge is -2.21. The minimum atomic E-state index is -0.815. The number of benzene rings is 2. The molecule has 0 fully saturated rings. The van der Waals surface area contributed by atoms with Crippen molar-refractivity contribution in [3.63, 3.8) is 0 Å². The largest absolute Gasteiger partial charge is 0.495 e. The number of carbonyl (C=O) groups excluding carboxylic acids is 3. The van der Waals surface area contributed by atoms with Crippen LogP contribution in [0.3, 0.4) is 0 Å². The van der Waals surface area contributed by atoms with Crippen LogP contribution in [0, 0.1) is 0 Å². The second-order valence-corrected chi connectivity index (χ2v) is 7.94. The number of anilines is 1. The van der Waals surface area contributed by atoms with E-state index in [1.807, 2.05) is 18.2 Å². The molecule has 2 N–H and O–H groups in total. The number of methoxy groups -OCH3 is 1. The molecule has 0 aliphatic carbocycles. The van der Waals surface area contributed by atoms with Crippen molar-refractivity contribution >= 4 is 29.5 Å². The van der Waals surface area contributed by atoms with Crippen LogP contribution in [0.2, 0.25) is 0 Å². The Balaban J connectivity index is 2.09. The summed E-state index contributed by atoms with van der Waals surface area (Å²) in [5.41, 5.74) is 2.03. The average Bonchev–Trinajstić information content (AvgIpc) is 2.71. The van der Waals surface area contributed by atoms with Gasteiger partial charge in [-0.25, -0.2) is 4.79 Å². The molecule has 2 aromatic carbocycles. The van der Waals surface area contributed by atoms with Crippen LogP contribution in [0.1, 0.15) is 38.8 Å². The fourth-order valence-corrected chi connectivity index (χ4v) is 2.72. The number of nitrogens with one attached hydrogen (secondary N) is 2. The van der Waals surface area contributed by atoms with Gasteiger partial charge in [0.05, 0.1) is 12.8 Å². The SMILES string of the molecule is COc1ccc(C(C)(C)C)cc1NC(=O)COC(=O)/C(=C/c1ccccc1)NC(C)=O. The zero-order chi connectivity index (χ0) is 23.0. The second-order valence-electron chi connectivity index (χ2n) is 7.94. The summed E-state index contributed by atoms with van der Waals surface area (Å²) in [7, 11) is 1.51. The van der Waals surface area contributed by atoms with E-state index in [0.717, 1.165) is 5.56 Å². The summed E-state index contributed by atoms with van der Waals surface area (Å²) in [6, 6.07) is 14.5. The van der Waals surface area contributed by atoms with Crippen molar-refractivity contribution in [1.29, 1.82) is 0 Å². The van der Waals surface area contributed by atoms with E-state index in [2.05, 4.69) is 31.4 Å². The van der Waals surface area contributed by atoms with E-state index in [9.17, 15) is 14.4 Å². The quantitative estimate of drug-likeness (QED) is 0.523. The average molecular weight is 424 g/mol. The standard InChI is InChI=1S/C24H28N2O5/c1-16(27)25-20(13-17-9-7-6-8-10-17)23(29)31-15-22(28)26-19-14-18(24(2,3)4)11-12-21(19)30-5/h6-14H,15H2,1-5H3,(H,25,27)(H,26,28)/b20-13-. The van der Waals surface area contributed by atoms with Crippen molar-refractivity contribution in [1.82, 2.24) is 5.32 Å². The Kier molecular flexibility index (Phi) is 7.96. The van der Waals surface area contributed by atoms with Crippen molar-refractivity contribution in [3.8, 4) is 5.75 Å². The highest BCUT2D eigenvalue weighted by Crippen LogP contribution is 2.31. The maximum Gasteiger partial charge on any atom is 0.355 e. The van der Waals surface area contributed by atoms with E-state index in [1.165, 1.54) is 20.1 Å². The first kappa shape index (κ1) is 23.7. The molecule has 0 radical (unpaired) electrons. The van der Waals surface area contributed by atoms with Gasteiger partial charge in [0.1, 0.15) is 11.4 Å². The molecule has 0 unspecified atom stereocenters. The molecule has 0 spiro atoms. The van der Waals surface area contributed by atoms with E-state index >= 15 is 0 Å². The third-order valence-electron chi connectivity index (χ3n) is 4.32. The number of esters is 1. The lowest BCUT2D eigenvalue weighted by molar-refractivity contribution is -0.144. The van der Waals surface area contributed by atoms with Gasteiger partial charge in [-0.05, 0) is 34.8 Å². The fourth-order valence-electron chi connectivity index (χ4n) is 2.72. The summed E-state index contributed by atoms with van der Waals surface area (Å²) < 4.78 is 10.4. The zero-order valence-corrected chi connectivity index (χ0v) is 18.4. The van der Waals surface area contributed by atoms with Crippen LogP contribution in [0.4, 0.5) is 5.69 Å². The van der Waals surface area contributed by atoms with Crippen LogP contribution < -0.4 is 15.4 Å². The summed E-state index contributed by atoms with van der Waals surface area (Å²) in [5.74, 6) is -1.27. The minimum Gasteiger partial charge on any atom is -0.495 e. The van der Waals surface area contributed by atoms with E-state index in [0.29, 0.717) is 17.0 Å². The van der Waals surface area contributed by atoms with Gasteiger partial charge in [0, 0.05) is 6.92 Å². The van der Waals surface area contributed by atoms with E-state index < -0.39 is 24.4 Å². The Morgan fingerprint density at radius 1 is 1.03 bits per heavy atom. The van der Waals surface area contributed by atoms with Crippen LogP contribution in [-0.4, -0.2) is 31.5 Å². The maximum absolute atomic E-state index is 12.4. The third-order valence-corrected chi connectivity index (χ3v) is 4.32. The monoisotopic (exact) mass is 424 g/mol. The summed E-state index contributed by atoms with van der Waals surface area (Å²) in [4.78, 5) is 36.3. The summed E-state index contributed by atoms with van der Waals surface area (Å²) >= 11 is 0. The third kappa shape index (κ3) is 7.29. The minimum absolute atomic E-state index is 0.0567. The zero-order valence-electron chi connectivity index (χ0n) is 18.4. The van der Waals surface area contributed by atoms with Crippen LogP contribution in [-0.2, 0) is 24.5 Å². The number of amides is 2. The molecule has 0 aromatic heterocycles. The Hall–Kier alpha value is -3.61. The molecule has 0 aliphatic heterocycles. The summed E-state index contributed by atoms with van der Waals surface area (Å²) in [5, 5.41) is 5.15. The van der Waals surface area contributed by atoms with Crippen molar-refractivity contribution in [2.75, 3.05) is 19.0 Å². The predicted octanol–water partition coefficient (Wildman–Crippen LogP) is 3.65. The smallest absolute Gasteiger partial charge is 0.355 e. The maximum atomic E-state index is 12.4. The first-order valence-corrected chi connectivity index (χ1v) is 9.80. The number of carbonyl (C=O) groups is 3. The van der Waals surface area contributed by atoms with E-state index in [1.54, 1.807) is 30.3 Å². The molecule has 7 nitrogen and oxygen atoms in total. The fraction of sp³-hybridized carbons (Fsp3) is 0.292. The summed E-state index contributed by atoms with van der Waals surface area (Å²) in [6.45, 7) is 6.95. The molecule has 164 valence electrons. The number of hydrogen-bond donors (Lipinski definition) is 2. The van der Waals surface area contributed by atoms with Crippen LogP contribution in [0.5, 0.6) is 5.75 Å². The molecule has 7 heteroatoms. The van der Waals surface area contributed by atoms with Gasteiger partial charge in [0.2, 0.25) is 5.91 Å². The Morgan fingerprint density at radius 3 is 2.29 bits per heavy atom. The van der Waals surface area contributed by atoms with Gasteiger partial charge >= 0.3 is 5.97 Å². The van der Waals surface area contributed by atoms with Gasteiger partial charge in [0.25, 0.3) is 5.91 Å². The molecule has 2 rings (SSSR count). The first-order chi connectivity index (χ1) is 14.6. The van der Waals surface area contributed by atoms with Crippen molar-refractivity contribution in [2.45, 2.75) is 33.1 Å². The Morgan fingerprint density at radius 2 is 1.71 bits per heavy atom. The molecule has 0 atom stereocenters. The van der Waals surface area contributed by atoms with Crippen molar-refractivity contribution in [2.24, 2.45) is 0 Å². The van der Waals surface area contributed by atoms with Gasteiger partial charge in [-0.1, -0.05) is 57.2 Å². The lowest BCUT2D eigenvalue weighted by atomic mass is 9.87. The van der Waals surface area contributed by atoms with Crippen LogP contribution >= 0.6 is 0 Å². The van der Waals surface area contributed by atoms with Gasteiger partial charge in [-0.2, -0.15) is 0 Å². The molecule has 0 heterocycles. The number of ether oxygens (including phenoxy) is 2. The molecular weight excluding hydrogens is 396 g/mol. The topological polar surface area (TPSA) is 93.7 Å². The summed E-state index contributed by atoms with van der Waals surface area (Å²) in [6.07, 6.45) is 1.48. The highest BCUT2D eigenvalue weighted by molar-refractivity contribution is 6.00. The van der Waals surface area contributed by atoms with Crippen LogP contribution in [0.25, 0.3) is 6.08 Å². The normalized spacial score (nSPS) is 11.5. The highest BCUT2D eigenvalue weighted by atomic mass is 16.5. The second kappa shape index (κ2) is 10.4. The first-order valence-electron chi connectivity index (χ1n) is 9.80. The molecule has 31 heavy (non-hydrogen) atoms. The lowest BCUT2D eigenvalue weighted by Crippen LogP contribution is -2.29. The van der Waals surface area contributed by atoms with Gasteiger partial charge in [-0.15, -0.1) is 0 Å². The van der Waals surface area contributed by atoms with Crippen molar-refractivity contribution < 1.29 is 23.9 Å². The van der Waals surface area contributed by atoms with Crippen molar-refractivity contribution in [3.05, 3.63) is 65.4 Å². The van der Waals surface area contributed by atoms with Crippen LogP contribution in [0.15, 0.2) is 54.2 Å². The molecule has 2 amide bonds. The van der Waals surface area contributed by atoms with Gasteiger partial charge in [-0.3, -0.25) is 9.59 Å².